The normalized spacial score (nSPS) is 28.1. The van der Waals surface area contributed by atoms with Gasteiger partial charge in [-0.15, -0.1) is 0 Å². The van der Waals surface area contributed by atoms with Gasteiger partial charge in [-0.05, 0) is 5.41 Å². The topological polar surface area (TPSA) is 18.5 Å². The molecule has 1 rings (SSSR count). The molecule has 1 fully saturated rings. The van der Waals surface area contributed by atoms with Gasteiger partial charge in [-0.3, -0.25) is 0 Å². The van der Waals surface area contributed by atoms with Crippen molar-refractivity contribution in [3.8, 4) is 0 Å². The van der Waals surface area contributed by atoms with Gasteiger partial charge in [0.2, 0.25) is 0 Å². The predicted octanol–water partition coefficient (Wildman–Crippen LogP) is 0.714. The fourth-order valence-electron chi connectivity index (χ4n) is 0.834. The van der Waals surface area contributed by atoms with Crippen molar-refractivity contribution in [1.82, 2.24) is 0 Å². The molecule has 0 N–H and O–H groups in total. The van der Waals surface area contributed by atoms with Crippen LogP contribution in [0.4, 0.5) is 0 Å². The van der Waals surface area contributed by atoms with Crippen LogP contribution in [0, 0.1) is 5.41 Å². The zero-order valence-corrected chi connectivity index (χ0v) is 6.31. The van der Waals surface area contributed by atoms with Gasteiger partial charge in [0.05, 0.1) is 12.7 Å². The molecule has 1 saturated heterocycles. The lowest BCUT2D eigenvalue weighted by Crippen LogP contribution is -2.27. The largest absolute Gasteiger partial charge is 0.438 e. The molecule has 2 nitrogen and oxygen atoms in total. The van der Waals surface area contributed by atoms with E-state index in [4.69, 9.17) is 9.31 Å². The van der Waals surface area contributed by atoms with Gasteiger partial charge >= 0.3 is 7.69 Å². The Bertz CT molecular complexity index is 91.7. The Morgan fingerprint density at radius 2 is 2.11 bits per heavy atom. The molecule has 52 valence electrons. The summed E-state index contributed by atoms with van der Waals surface area (Å²) in [6, 6.07) is 0. The Kier molecular flexibility index (Phi) is 1.82. The van der Waals surface area contributed by atoms with E-state index in [0.29, 0.717) is 7.69 Å². The van der Waals surface area contributed by atoms with Gasteiger partial charge in [0, 0.05) is 0 Å². The quantitative estimate of drug-likeness (QED) is 0.447. The van der Waals surface area contributed by atoms with Crippen molar-refractivity contribution in [2.24, 2.45) is 5.41 Å². The average molecular weight is 128 g/mol. The molecule has 0 aromatic heterocycles. The van der Waals surface area contributed by atoms with Crippen molar-refractivity contribution in [2.45, 2.75) is 26.9 Å². The third-order valence-electron chi connectivity index (χ3n) is 1.59. The highest BCUT2D eigenvalue weighted by molar-refractivity contribution is 6.18. The molecule has 9 heavy (non-hydrogen) atoms. The summed E-state index contributed by atoms with van der Waals surface area (Å²) in [4.78, 5) is 0. The third kappa shape index (κ3) is 1.70. The minimum atomic E-state index is 0.233. The van der Waals surface area contributed by atoms with Crippen LogP contribution in [-0.2, 0) is 9.31 Å². The highest BCUT2D eigenvalue weighted by Crippen LogP contribution is 2.24. The maximum Gasteiger partial charge on any atom is 0.438 e. The summed E-state index contributed by atoms with van der Waals surface area (Å²) in [5.74, 6) is 0. The van der Waals surface area contributed by atoms with Crippen LogP contribution in [-0.4, -0.2) is 20.4 Å². The molecule has 1 heterocycles. The van der Waals surface area contributed by atoms with Gasteiger partial charge in [0.15, 0.2) is 0 Å². The van der Waals surface area contributed by atoms with Gasteiger partial charge in [-0.2, -0.15) is 0 Å². The summed E-state index contributed by atoms with van der Waals surface area (Å²) in [6.07, 6.45) is 0.289. The lowest BCUT2D eigenvalue weighted by molar-refractivity contribution is 0.108. The third-order valence-corrected chi connectivity index (χ3v) is 1.59. The smallest absolute Gasteiger partial charge is 0.411 e. The fourth-order valence-corrected chi connectivity index (χ4v) is 0.834. The highest BCUT2D eigenvalue weighted by Gasteiger charge is 2.29. The van der Waals surface area contributed by atoms with Gasteiger partial charge in [-0.1, -0.05) is 20.8 Å². The summed E-state index contributed by atoms with van der Waals surface area (Å²) in [5, 5.41) is 0. The second-order valence-electron chi connectivity index (χ2n) is 3.51. The zero-order chi connectivity index (χ0) is 6.91. The minimum absolute atomic E-state index is 0.233. The maximum absolute atomic E-state index is 5.30. The van der Waals surface area contributed by atoms with Gasteiger partial charge < -0.3 is 9.31 Å². The first-order valence-corrected chi connectivity index (χ1v) is 3.30. The van der Waals surface area contributed by atoms with Crippen LogP contribution in [0.3, 0.4) is 0 Å². The molecule has 1 unspecified atom stereocenters. The molecule has 0 amide bonds. The first-order chi connectivity index (χ1) is 4.11. The van der Waals surface area contributed by atoms with E-state index in [1.165, 1.54) is 0 Å². The number of hydrogen-bond acceptors (Lipinski definition) is 2. The standard InChI is InChI=1S/C6H13BO2/c1-6(2,3)5-4-8-7-9-5/h5,7H,4H2,1-3H3. The van der Waals surface area contributed by atoms with Crippen molar-refractivity contribution < 1.29 is 9.31 Å². The zero-order valence-electron chi connectivity index (χ0n) is 6.31. The molecular weight excluding hydrogens is 115 g/mol. The van der Waals surface area contributed by atoms with Crippen molar-refractivity contribution in [1.29, 1.82) is 0 Å². The van der Waals surface area contributed by atoms with Crippen LogP contribution in [0.5, 0.6) is 0 Å². The second-order valence-corrected chi connectivity index (χ2v) is 3.51. The Hall–Kier alpha value is -0.0151. The Labute approximate surface area is 56.8 Å². The monoisotopic (exact) mass is 128 g/mol. The van der Waals surface area contributed by atoms with Crippen LogP contribution < -0.4 is 0 Å². The summed E-state index contributed by atoms with van der Waals surface area (Å²) >= 11 is 0. The lowest BCUT2D eigenvalue weighted by Gasteiger charge is -2.24. The molecule has 1 aliphatic rings. The van der Waals surface area contributed by atoms with E-state index in [-0.39, 0.29) is 11.5 Å². The Balaban J connectivity index is 2.42. The van der Waals surface area contributed by atoms with Crippen molar-refractivity contribution in [3.63, 3.8) is 0 Å². The van der Waals surface area contributed by atoms with E-state index < -0.39 is 0 Å². The molecule has 0 aromatic rings. The second kappa shape index (κ2) is 2.31. The number of hydrogen-bond donors (Lipinski definition) is 0. The van der Waals surface area contributed by atoms with Crippen molar-refractivity contribution in [3.05, 3.63) is 0 Å². The first kappa shape index (κ1) is 7.10. The predicted molar refractivity (Wildman–Crippen MR) is 37.4 cm³/mol. The maximum atomic E-state index is 5.30. The van der Waals surface area contributed by atoms with E-state index in [0.717, 1.165) is 6.61 Å². The SMILES string of the molecule is CC(C)(C)C1COBO1. The van der Waals surface area contributed by atoms with E-state index in [2.05, 4.69) is 20.8 Å². The van der Waals surface area contributed by atoms with Gasteiger partial charge in [-0.25, -0.2) is 0 Å². The average Bonchev–Trinajstić information content (AvgIpc) is 2.08. The molecule has 0 spiro atoms. The molecule has 0 aliphatic carbocycles. The first-order valence-electron chi connectivity index (χ1n) is 3.30. The Morgan fingerprint density at radius 1 is 1.44 bits per heavy atom. The molecular formula is C6H13BO2. The fraction of sp³-hybridized carbons (Fsp3) is 1.00. The molecule has 0 saturated carbocycles. The van der Waals surface area contributed by atoms with Crippen molar-refractivity contribution >= 4 is 7.69 Å². The van der Waals surface area contributed by atoms with Gasteiger partial charge in [0.25, 0.3) is 0 Å². The van der Waals surface area contributed by atoms with Gasteiger partial charge in [0.1, 0.15) is 0 Å². The summed E-state index contributed by atoms with van der Waals surface area (Å²) in [5.41, 5.74) is 0.233. The molecule has 1 atom stereocenters. The number of rotatable bonds is 0. The van der Waals surface area contributed by atoms with E-state index in [9.17, 15) is 0 Å². The van der Waals surface area contributed by atoms with Crippen LogP contribution in [0.15, 0.2) is 0 Å². The Morgan fingerprint density at radius 3 is 2.33 bits per heavy atom. The highest BCUT2D eigenvalue weighted by atomic mass is 16.6. The van der Waals surface area contributed by atoms with E-state index in [1.54, 1.807) is 0 Å². The summed E-state index contributed by atoms with van der Waals surface area (Å²) in [7, 11) is 0.474. The summed E-state index contributed by atoms with van der Waals surface area (Å²) in [6.45, 7) is 7.23. The van der Waals surface area contributed by atoms with E-state index in [1.807, 2.05) is 0 Å². The molecule has 0 bridgehead atoms. The molecule has 0 aromatic carbocycles. The van der Waals surface area contributed by atoms with Crippen LogP contribution in [0.2, 0.25) is 0 Å². The van der Waals surface area contributed by atoms with Crippen LogP contribution in [0.25, 0.3) is 0 Å². The summed E-state index contributed by atoms with van der Waals surface area (Å²) < 4.78 is 10.4. The van der Waals surface area contributed by atoms with Crippen LogP contribution in [0.1, 0.15) is 20.8 Å². The lowest BCUT2D eigenvalue weighted by atomic mass is 9.90. The van der Waals surface area contributed by atoms with Crippen molar-refractivity contribution in [2.75, 3.05) is 6.61 Å². The molecule has 3 heteroatoms. The van der Waals surface area contributed by atoms with E-state index >= 15 is 0 Å². The van der Waals surface area contributed by atoms with Crippen LogP contribution >= 0.6 is 0 Å². The molecule has 0 radical (unpaired) electrons. The minimum Gasteiger partial charge on any atom is -0.411 e. The molecule has 1 aliphatic heterocycles.